The number of pyridine rings is 1. The van der Waals surface area contributed by atoms with Crippen molar-refractivity contribution in [2.75, 3.05) is 50.5 Å². The molecule has 1 N–H and O–H groups in total. The van der Waals surface area contributed by atoms with E-state index in [4.69, 9.17) is 0 Å². The first-order chi connectivity index (χ1) is 9.85. The van der Waals surface area contributed by atoms with Crippen molar-refractivity contribution in [1.29, 1.82) is 0 Å². The molecule has 6 heteroatoms. The summed E-state index contributed by atoms with van der Waals surface area (Å²) in [5.74, 6) is -0.597. The average molecular weight is 300 g/mol. The Morgan fingerprint density at radius 2 is 1.86 bits per heavy atom. The lowest BCUT2D eigenvalue weighted by Crippen LogP contribution is -2.35. The first kappa shape index (κ1) is 17.6. The van der Waals surface area contributed by atoms with Crippen molar-refractivity contribution < 1.29 is 8.78 Å². The van der Waals surface area contributed by atoms with Crippen molar-refractivity contribution in [3.05, 3.63) is 17.7 Å². The van der Waals surface area contributed by atoms with Crippen molar-refractivity contribution in [2.45, 2.75) is 20.8 Å². The normalized spacial score (nSPS) is 11.3. The Kier molecular flexibility index (Phi) is 6.81. The number of hydrogen-bond acceptors (Lipinski definition) is 4. The summed E-state index contributed by atoms with van der Waals surface area (Å²) >= 11 is 0. The lowest BCUT2D eigenvalue weighted by Gasteiger charge is -2.27. The predicted octanol–water partition coefficient (Wildman–Crippen LogP) is 2.82. The van der Waals surface area contributed by atoms with Crippen LogP contribution < -0.4 is 10.2 Å². The quantitative estimate of drug-likeness (QED) is 0.800. The van der Waals surface area contributed by atoms with E-state index in [2.05, 4.69) is 24.1 Å². The maximum Gasteiger partial charge on any atom is 0.168 e. The summed E-state index contributed by atoms with van der Waals surface area (Å²) in [5, 5.41) is 2.83. The van der Waals surface area contributed by atoms with Crippen LogP contribution in [-0.4, -0.2) is 50.2 Å². The van der Waals surface area contributed by atoms with Gasteiger partial charge in [0, 0.05) is 32.2 Å². The van der Waals surface area contributed by atoms with Gasteiger partial charge in [-0.05, 0) is 26.9 Å². The number of anilines is 2. The summed E-state index contributed by atoms with van der Waals surface area (Å²) in [6.07, 6.45) is 0. The Balaban J connectivity index is 3.06. The molecule has 0 saturated carbocycles. The van der Waals surface area contributed by atoms with E-state index < -0.39 is 11.6 Å². The third-order valence-electron chi connectivity index (χ3n) is 2.96. The second-order valence-corrected chi connectivity index (χ2v) is 5.80. The van der Waals surface area contributed by atoms with Crippen LogP contribution in [0, 0.1) is 17.6 Å². The van der Waals surface area contributed by atoms with Gasteiger partial charge in [-0.25, -0.2) is 13.8 Å². The smallest absolute Gasteiger partial charge is 0.168 e. The molecule has 0 aliphatic rings. The molecule has 1 rings (SSSR count). The zero-order chi connectivity index (χ0) is 16.0. The number of aromatic nitrogens is 1. The highest BCUT2D eigenvalue weighted by Crippen LogP contribution is 2.23. The van der Waals surface area contributed by atoms with E-state index in [9.17, 15) is 8.78 Å². The van der Waals surface area contributed by atoms with E-state index in [-0.39, 0.29) is 11.6 Å². The van der Waals surface area contributed by atoms with Crippen LogP contribution in [0.25, 0.3) is 0 Å². The first-order valence-electron chi connectivity index (χ1n) is 7.34. The fraction of sp³-hybridized carbons (Fsp3) is 0.667. The summed E-state index contributed by atoms with van der Waals surface area (Å²) in [6, 6.07) is 0.906. The summed E-state index contributed by atoms with van der Waals surface area (Å²) in [6.45, 7) is 8.62. The lowest BCUT2D eigenvalue weighted by atomic mass is 10.2. The Hall–Kier alpha value is -1.43. The summed E-state index contributed by atoms with van der Waals surface area (Å²) in [5.41, 5.74) is 0. The van der Waals surface area contributed by atoms with Crippen molar-refractivity contribution in [2.24, 2.45) is 5.92 Å². The van der Waals surface area contributed by atoms with E-state index in [0.29, 0.717) is 25.6 Å². The zero-order valence-electron chi connectivity index (χ0n) is 13.6. The van der Waals surface area contributed by atoms with Crippen LogP contribution in [0.3, 0.4) is 0 Å². The van der Waals surface area contributed by atoms with Gasteiger partial charge >= 0.3 is 0 Å². The summed E-state index contributed by atoms with van der Waals surface area (Å²) in [7, 11) is 3.93. The van der Waals surface area contributed by atoms with Crippen LogP contribution in [0.15, 0.2) is 6.07 Å². The van der Waals surface area contributed by atoms with Gasteiger partial charge in [0.05, 0.1) is 0 Å². The SMILES string of the molecule is CCNc1nc(N(CCN(C)C)CC(C)C)c(F)cc1F. The Morgan fingerprint density at radius 3 is 2.38 bits per heavy atom. The van der Waals surface area contributed by atoms with Crippen molar-refractivity contribution in [1.82, 2.24) is 9.88 Å². The van der Waals surface area contributed by atoms with Crippen molar-refractivity contribution >= 4 is 11.6 Å². The molecule has 1 aromatic rings. The molecule has 1 aromatic heterocycles. The topological polar surface area (TPSA) is 31.4 Å². The van der Waals surface area contributed by atoms with Gasteiger partial charge in [0.15, 0.2) is 23.3 Å². The average Bonchev–Trinajstić information content (AvgIpc) is 2.37. The minimum Gasteiger partial charge on any atom is -0.368 e. The first-order valence-corrected chi connectivity index (χ1v) is 7.34. The van der Waals surface area contributed by atoms with Gasteiger partial charge in [0.2, 0.25) is 0 Å². The molecule has 120 valence electrons. The van der Waals surface area contributed by atoms with Gasteiger partial charge in [-0.15, -0.1) is 0 Å². The largest absolute Gasteiger partial charge is 0.368 e. The lowest BCUT2D eigenvalue weighted by molar-refractivity contribution is 0.406. The third-order valence-corrected chi connectivity index (χ3v) is 2.96. The van der Waals surface area contributed by atoms with E-state index >= 15 is 0 Å². The van der Waals surface area contributed by atoms with E-state index in [1.165, 1.54) is 0 Å². The maximum atomic E-state index is 14.1. The van der Waals surface area contributed by atoms with Gasteiger partial charge in [-0.3, -0.25) is 0 Å². The number of likely N-dealkylation sites (N-methyl/N-ethyl adjacent to an activating group) is 1. The monoisotopic (exact) mass is 300 g/mol. The molecule has 0 bridgehead atoms. The molecular weight excluding hydrogens is 274 g/mol. The Labute approximate surface area is 126 Å². The molecule has 0 spiro atoms. The standard InChI is InChI=1S/C15H26F2N4/c1-6-18-14-12(16)9-13(17)15(19-14)21(10-11(2)3)8-7-20(4)5/h9,11H,6-8,10H2,1-5H3,(H,18,19). The van der Waals surface area contributed by atoms with Crippen LogP contribution >= 0.6 is 0 Å². The minimum atomic E-state index is -0.657. The fourth-order valence-electron chi connectivity index (χ4n) is 2.02. The van der Waals surface area contributed by atoms with Crippen LogP contribution in [0.1, 0.15) is 20.8 Å². The molecule has 0 unspecified atom stereocenters. The molecule has 0 aromatic carbocycles. The second-order valence-electron chi connectivity index (χ2n) is 5.80. The third kappa shape index (κ3) is 5.46. The van der Waals surface area contributed by atoms with Gasteiger partial charge in [0.1, 0.15) is 0 Å². The van der Waals surface area contributed by atoms with E-state index in [0.717, 1.165) is 12.6 Å². The van der Waals surface area contributed by atoms with Crippen LogP contribution in [0.4, 0.5) is 20.4 Å². The number of rotatable bonds is 8. The van der Waals surface area contributed by atoms with Crippen LogP contribution in [0.5, 0.6) is 0 Å². The minimum absolute atomic E-state index is 0.104. The van der Waals surface area contributed by atoms with Crippen molar-refractivity contribution in [3.8, 4) is 0 Å². The number of nitrogens with zero attached hydrogens (tertiary/aromatic N) is 3. The molecule has 1 heterocycles. The van der Waals surface area contributed by atoms with Gasteiger partial charge in [0.25, 0.3) is 0 Å². The molecule has 0 aliphatic heterocycles. The number of hydrogen-bond donors (Lipinski definition) is 1. The molecular formula is C15H26F2N4. The molecule has 0 radical (unpaired) electrons. The highest BCUT2D eigenvalue weighted by atomic mass is 19.1. The molecule has 4 nitrogen and oxygen atoms in total. The molecule has 0 amide bonds. The Bertz CT molecular complexity index is 450. The number of halogens is 2. The molecule has 0 atom stereocenters. The molecule has 21 heavy (non-hydrogen) atoms. The zero-order valence-corrected chi connectivity index (χ0v) is 13.6. The van der Waals surface area contributed by atoms with Gasteiger partial charge < -0.3 is 15.1 Å². The Morgan fingerprint density at radius 1 is 1.19 bits per heavy atom. The summed E-state index contributed by atoms with van der Waals surface area (Å²) in [4.78, 5) is 8.04. The number of nitrogens with one attached hydrogen (secondary N) is 1. The molecule has 0 aliphatic carbocycles. The highest BCUT2D eigenvalue weighted by molar-refractivity contribution is 5.49. The van der Waals surface area contributed by atoms with Gasteiger partial charge in [-0.2, -0.15) is 0 Å². The predicted molar refractivity (Wildman–Crippen MR) is 83.9 cm³/mol. The second kappa shape index (κ2) is 8.12. The van der Waals surface area contributed by atoms with E-state index in [1.807, 2.05) is 30.8 Å². The van der Waals surface area contributed by atoms with Crippen LogP contribution in [-0.2, 0) is 0 Å². The molecule has 0 saturated heterocycles. The fourth-order valence-corrected chi connectivity index (χ4v) is 2.02. The highest BCUT2D eigenvalue weighted by Gasteiger charge is 2.18. The summed E-state index contributed by atoms with van der Waals surface area (Å²) < 4.78 is 27.8. The van der Waals surface area contributed by atoms with E-state index in [1.54, 1.807) is 0 Å². The maximum absolute atomic E-state index is 14.1. The van der Waals surface area contributed by atoms with Crippen molar-refractivity contribution in [3.63, 3.8) is 0 Å². The van der Waals surface area contributed by atoms with Gasteiger partial charge in [-0.1, -0.05) is 13.8 Å². The molecule has 0 fully saturated rings. The van der Waals surface area contributed by atoms with Crippen LogP contribution in [0.2, 0.25) is 0 Å².